The molecule has 1 N–H and O–H groups in total. The second kappa shape index (κ2) is 9.71. The van der Waals surface area contributed by atoms with E-state index in [4.69, 9.17) is 4.74 Å². The van der Waals surface area contributed by atoms with Crippen LogP contribution in [0.25, 0.3) is 0 Å². The van der Waals surface area contributed by atoms with E-state index in [1.807, 2.05) is 11.3 Å². The number of halogens is 3. The van der Waals surface area contributed by atoms with Crippen molar-refractivity contribution in [2.75, 3.05) is 39.4 Å². The van der Waals surface area contributed by atoms with Gasteiger partial charge in [0.2, 0.25) is 0 Å². The van der Waals surface area contributed by atoms with Crippen molar-refractivity contribution >= 4 is 52.1 Å². The summed E-state index contributed by atoms with van der Waals surface area (Å²) in [6.07, 6.45) is 2.39. The zero-order chi connectivity index (χ0) is 13.1. The van der Waals surface area contributed by atoms with Crippen molar-refractivity contribution in [3.63, 3.8) is 0 Å². The summed E-state index contributed by atoms with van der Waals surface area (Å²) >= 11 is 5.63. The number of rotatable bonds is 3. The topological polar surface area (TPSA) is 24.5 Å². The highest BCUT2D eigenvalue weighted by Gasteiger charge is 2.33. The maximum Gasteiger partial charge on any atom is 0.0483 e. The molecule has 3 heterocycles. The molecule has 21 heavy (non-hydrogen) atoms. The molecular weight excluding hydrogens is 395 g/mol. The molecule has 0 amide bonds. The second-order valence-electron chi connectivity index (χ2n) is 5.31. The molecule has 2 fully saturated rings. The van der Waals surface area contributed by atoms with E-state index in [0.717, 1.165) is 45.3 Å². The van der Waals surface area contributed by atoms with Gasteiger partial charge >= 0.3 is 0 Å². The minimum atomic E-state index is 0. The van der Waals surface area contributed by atoms with Crippen molar-refractivity contribution in [2.24, 2.45) is 5.92 Å². The molecule has 0 aliphatic carbocycles. The highest BCUT2D eigenvalue weighted by atomic mass is 79.9. The zero-order valence-electron chi connectivity index (χ0n) is 11.9. The third-order valence-electron chi connectivity index (χ3n) is 4.17. The lowest BCUT2D eigenvalue weighted by Gasteiger charge is -2.40. The molecule has 0 spiro atoms. The largest absolute Gasteiger partial charge is 0.381 e. The molecule has 0 unspecified atom stereocenters. The van der Waals surface area contributed by atoms with Crippen LogP contribution in [-0.2, 0) is 4.74 Å². The molecule has 122 valence electrons. The molecule has 2 saturated heterocycles. The van der Waals surface area contributed by atoms with E-state index >= 15 is 0 Å². The third kappa shape index (κ3) is 4.80. The number of thiophene rings is 1. The smallest absolute Gasteiger partial charge is 0.0483 e. The van der Waals surface area contributed by atoms with Crippen LogP contribution in [-0.4, -0.2) is 44.3 Å². The average molecular weight is 418 g/mol. The first-order valence-electron chi connectivity index (χ1n) is 7.11. The highest BCUT2D eigenvalue weighted by Crippen LogP contribution is 2.41. The number of nitrogens with one attached hydrogen (secondary N) is 1. The van der Waals surface area contributed by atoms with Gasteiger partial charge in [-0.05, 0) is 46.1 Å². The molecule has 1 atom stereocenters. The van der Waals surface area contributed by atoms with Crippen molar-refractivity contribution in [1.29, 1.82) is 0 Å². The van der Waals surface area contributed by atoms with Crippen molar-refractivity contribution in [3.05, 3.63) is 20.8 Å². The Balaban J connectivity index is 0.00000110. The number of piperazine rings is 1. The average Bonchev–Trinajstić information content (AvgIpc) is 2.88. The predicted molar refractivity (Wildman–Crippen MR) is 97.2 cm³/mol. The molecule has 3 nitrogen and oxygen atoms in total. The standard InChI is InChI=1S/C14H21BrN2OS.2ClH/c15-12-3-10-19-14(12)13(11-1-8-18-9-2-11)17-6-4-16-5-7-17;;/h3,10-11,13,16H,1-2,4-9H2;2*1H/t13-;;/m0../s1. The van der Waals surface area contributed by atoms with Crippen LogP contribution in [0, 0.1) is 5.92 Å². The summed E-state index contributed by atoms with van der Waals surface area (Å²) in [4.78, 5) is 4.18. The first kappa shape index (κ1) is 19.7. The Morgan fingerprint density at radius 3 is 2.48 bits per heavy atom. The van der Waals surface area contributed by atoms with E-state index in [0.29, 0.717) is 6.04 Å². The molecule has 0 saturated carbocycles. The SMILES string of the molecule is Brc1ccsc1[C@H](C1CCOCC1)N1CCNCC1.Cl.Cl. The number of hydrogen-bond acceptors (Lipinski definition) is 4. The van der Waals surface area contributed by atoms with Gasteiger partial charge in [0, 0.05) is 54.8 Å². The Labute approximate surface area is 151 Å². The van der Waals surface area contributed by atoms with E-state index in [1.54, 1.807) is 0 Å². The van der Waals surface area contributed by atoms with Gasteiger partial charge in [0.25, 0.3) is 0 Å². The molecule has 1 aromatic rings. The van der Waals surface area contributed by atoms with Crippen LogP contribution in [0.15, 0.2) is 15.9 Å². The lowest BCUT2D eigenvalue weighted by molar-refractivity contribution is 0.0221. The first-order valence-corrected chi connectivity index (χ1v) is 8.79. The molecule has 7 heteroatoms. The molecule has 3 rings (SSSR count). The van der Waals surface area contributed by atoms with Crippen LogP contribution in [0.1, 0.15) is 23.8 Å². The van der Waals surface area contributed by atoms with Gasteiger partial charge in [0.1, 0.15) is 0 Å². The maximum absolute atomic E-state index is 5.55. The Hall–Kier alpha value is 0.640. The Bertz CT molecular complexity index is 391. The van der Waals surface area contributed by atoms with Crippen LogP contribution < -0.4 is 5.32 Å². The Morgan fingerprint density at radius 2 is 1.90 bits per heavy atom. The Kier molecular flexibility index (Phi) is 9.10. The molecule has 1 aromatic heterocycles. The van der Waals surface area contributed by atoms with Gasteiger partial charge in [-0.1, -0.05) is 0 Å². The number of nitrogens with zero attached hydrogens (tertiary/aromatic N) is 1. The van der Waals surface area contributed by atoms with Crippen LogP contribution >= 0.6 is 52.1 Å². The summed E-state index contributed by atoms with van der Waals surface area (Å²) in [5.74, 6) is 0.738. The Morgan fingerprint density at radius 1 is 1.24 bits per heavy atom. The normalized spacial score (nSPS) is 22.1. The van der Waals surface area contributed by atoms with Gasteiger partial charge in [-0.2, -0.15) is 0 Å². The minimum Gasteiger partial charge on any atom is -0.381 e. The quantitative estimate of drug-likeness (QED) is 0.810. The summed E-state index contributed by atoms with van der Waals surface area (Å²) < 4.78 is 6.83. The number of ether oxygens (including phenoxy) is 1. The fourth-order valence-electron chi connectivity index (χ4n) is 3.19. The van der Waals surface area contributed by atoms with Crippen LogP contribution in [0.3, 0.4) is 0 Å². The second-order valence-corrected chi connectivity index (χ2v) is 7.12. The molecule has 0 aromatic carbocycles. The van der Waals surface area contributed by atoms with Gasteiger partial charge in [0.05, 0.1) is 0 Å². The highest BCUT2D eigenvalue weighted by molar-refractivity contribution is 9.10. The molecule has 0 radical (unpaired) electrons. The van der Waals surface area contributed by atoms with E-state index in [2.05, 4.69) is 37.6 Å². The summed E-state index contributed by atoms with van der Waals surface area (Å²) in [5.41, 5.74) is 0. The third-order valence-corrected chi connectivity index (χ3v) is 6.11. The predicted octanol–water partition coefficient (Wildman–Crippen LogP) is 3.73. The van der Waals surface area contributed by atoms with Crippen molar-refractivity contribution < 1.29 is 4.74 Å². The van der Waals surface area contributed by atoms with E-state index < -0.39 is 0 Å². The fraction of sp³-hybridized carbons (Fsp3) is 0.714. The summed E-state index contributed by atoms with van der Waals surface area (Å²) in [5, 5.41) is 5.66. The molecular formula is C14H23BrCl2N2OS. The molecule has 0 bridgehead atoms. The molecule has 2 aliphatic rings. The number of hydrogen-bond donors (Lipinski definition) is 1. The lowest BCUT2D eigenvalue weighted by atomic mass is 9.89. The summed E-state index contributed by atoms with van der Waals surface area (Å²) in [6.45, 7) is 6.40. The summed E-state index contributed by atoms with van der Waals surface area (Å²) in [7, 11) is 0. The van der Waals surface area contributed by atoms with Gasteiger partial charge in [-0.25, -0.2) is 0 Å². The monoisotopic (exact) mass is 416 g/mol. The van der Waals surface area contributed by atoms with Crippen LogP contribution in [0.2, 0.25) is 0 Å². The van der Waals surface area contributed by atoms with Gasteiger partial charge in [-0.3, -0.25) is 4.90 Å². The van der Waals surface area contributed by atoms with Crippen molar-refractivity contribution in [1.82, 2.24) is 10.2 Å². The van der Waals surface area contributed by atoms with E-state index in [9.17, 15) is 0 Å². The summed E-state index contributed by atoms with van der Waals surface area (Å²) in [6, 6.07) is 2.76. The van der Waals surface area contributed by atoms with Crippen molar-refractivity contribution in [2.45, 2.75) is 18.9 Å². The first-order chi connectivity index (χ1) is 9.36. The van der Waals surface area contributed by atoms with Gasteiger partial charge < -0.3 is 10.1 Å². The van der Waals surface area contributed by atoms with Gasteiger partial charge in [-0.15, -0.1) is 36.2 Å². The van der Waals surface area contributed by atoms with Crippen molar-refractivity contribution in [3.8, 4) is 0 Å². The van der Waals surface area contributed by atoms with E-state index in [-0.39, 0.29) is 24.8 Å². The fourth-order valence-corrected chi connectivity index (χ4v) is 5.02. The minimum absolute atomic E-state index is 0. The maximum atomic E-state index is 5.55. The van der Waals surface area contributed by atoms with Crippen LogP contribution in [0.4, 0.5) is 0 Å². The lowest BCUT2D eigenvalue weighted by Crippen LogP contribution is -2.47. The van der Waals surface area contributed by atoms with Crippen LogP contribution in [0.5, 0.6) is 0 Å². The van der Waals surface area contributed by atoms with E-state index in [1.165, 1.54) is 22.2 Å². The zero-order valence-corrected chi connectivity index (χ0v) is 16.0. The molecule has 2 aliphatic heterocycles. The van der Waals surface area contributed by atoms with Gasteiger partial charge in [0.15, 0.2) is 0 Å².